The molecule has 0 bridgehead atoms. The molecular formula is C18H29N3OSeSi. The van der Waals surface area contributed by atoms with Crippen LogP contribution in [0.15, 0.2) is 35.4 Å². The predicted molar refractivity (Wildman–Crippen MR) is 104 cm³/mol. The summed E-state index contributed by atoms with van der Waals surface area (Å²) in [5.41, 5.74) is 8.90. The Hall–Kier alpha value is -0.774. The van der Waals surface area contributed by atoms with Crippen LogP contribution in [-0.4, -0.2) is 35.9 Å². The topological polar surface area (TPSA) is 58.0 Å². The zero-order valence-corrected chi connectivity index (χ0v) is 18.1. The van der Waals surface area contributed by atoms with Crippen molar-refractivity contribution in [2.45, 2.75) is 62.6 Å². The van der Waals surface area contributed by atoms with E-state index in [1.54, 1.807) is 0 Å². The first-order valence-electron chi connectivity index (χ1n) is 8.63. The molecule has 24 heavy (non-hydrogen) atoms. The van der Waals surface area contributed by atoms with Crippen LogP contribution < -0.4 is 4.46 Å². The van der Waals surface area contributed by atoms with Gasteiger partial charge in [0.2, 0.25) is 0 Å². The Morgan fingerprint density at radius 3 is 2.50 bits per heavy atom. The van der Waals surface area contributed by atoms with E-state index in [-0.39, 0.29) is 11.1 Å². The molecule has 0 spiro atoms. The summed E-state index contributed by atoms with van der Waals surface area (Å²) in [4.78, 5) is 3.58. The van der Waals surface area contributed by atoms with Crippen molar-refractivity contribution in [3.05, 3.63) is 40.8 Å². The second-order valence-corrected chi connectivity index (χ2v) is 15.7. The van der Waals surface area contributed by atoms with Crippen molar-refractivity contribution in [2.24, 2.45) is 11.0 Å². The minimum atomic E-state index is -1.71. The summed E-state index contributed by atoms with van der Waals surface area (Å²) in [6, 6.07) is 10.7. The van der Waals surface area contributed by atoms with E-state index in [4.69, 9.17) is 9.96 Å². The van der Waals surface area contributed by atoms with Gasteiger partial charge in [-0.05, 0) is 0 Å². The van der Waals surface area contributed by atoms with E-state index in [1.807, 2.05) is 0 Å². The zero-order chi connectivity index (χ0) is 17.8. The average Bonchev–Trinajstić information content (AvgIpc) is 2.88. The number of rotatable bonds is 6. The molecule has 4 nitrogen and oxygen atoms in total. The molecule has 0 N–H and O–H groups in total. The molecule has 0 aliphatic heterocycles. The molecule has 6 heteroatoms. The number of hydrogen-bond donors (Lipinski definition) is 0. The zero-order valence-electron chi connectivity index (χ0n) is 15.4. The van der Waals surface area contributed by atoms with Gasteiger partial charge in [-0.2, -0.15) is 0 Å². The normalized spacial score (nSPS) is 24.6. The molecule has 1 fully saturated rings. The second-order valence-electron chi connectivity index (χ2n) is 8.15. The van der Waals surface area contributed by atoms with Crippen molar-refractivity contribution >= 4 is 27.7 Å². The fraction of sp³-hybridized carbons (Fsp3) is 0.667. The van der Waals surface area contributed by atoms with E-state index < -0.39 is 8.32 Å². The predicted octanol–water partition coefficient (Wildman–Crippen LogP) is 4.92. The molecule has 1 aromatic carbocycles. The Kier molecular flexibility index (Phi) is 6.57. The van der Waals surface area contributed by atoms with Gasteiger partial charge < -0.3 is 0 Å². The van der Waals surface area contributed by atoms with Gasteiger partial charge in [-0.15, -0.1) is 0 Å². The molecule has 1 aromatic rings. The fourth-order valence-corrected chi connectivity index (χ4v) is 6.67. The number of benzene rings is 1. The van der Waals surface area contributed by atoms with E-state index in [1.165, 1.54) is 4.46 Å². The molecule has 2 rings (SSSR count). The van der Waals surface area contributed by atoms with Crippen LogP contribution in [0.3, 0.4) is 0 Å². The molecule has 0 radical (unpaired) electrons. The van der Waals surface area contributed by atoms with Crippen LogP contribution in [0.4, 0.5) is 0 Å². The molecule has 0 unspecified atom stereocenters. The Balaban J connectivity index is 1.98. The Bertz CT molecular complexity index is 582. The molecule has 3 atom stereocenters. The number of hydrogen-bond acceptors (Lipinski definition) is 2. The van der Waals surface area contributed by atoms with Crippen LogP contribution in [0.5, 0.6) is 0 Å². The molecule has 1 saturated carbocycles. The summed E-state index contributed by atoms with van der Waals surface area (Å²) in [6.07, 6.45) is 2.09. The maximum atomic E-state index is 8.90. The fourth-order valence-electron chi connectivity index (χ4n) is 2.74. The van der Waals surface area contributed by atoms with Crippen LogP contribution in [0.1, 0.15) is 33.6 Å². The summed E-state index contributed by atoms with van der Waals surface area (Å²) in [7, 11) is -1.71. The molecule has 1 aliphatic rings. The van der Waals surface area contributed by atoms with Gasteiger partial charge in [-0.25, -0.2) is 0 Å². The molecule has 0 heterocycles. The summed E-state index contributed by atoms with van der Waals surface area (Å²) in [6.45, 7) is 12.2. The molecule has 0 saturated heterocycles. The average molecular weight is 410 g/mol. The molecule has 0 amide bonds. The SMILES string of the molecule is CC(C)(C)[Si](C)(C)OC[C@H]1C[C@@H](N=[N+]=[N-])[C@H]([Se]c2ccccc2)C1. The summed E-state index contributed by atoms with van der Waals surface area (Å²) < 4.78 is 7.80. The maximum absolute atomic E-state index is 8.90. The van der Waals surface area contributed by atoms with Gasteiger partial charge in [0.05, 0.1) is 0 Å². The van der Waals surface area contributed by atoms with E-state index in [0.717, 1.165) is 19.4 Å². The third-order valence-corrected chi connectivity index (χ3v) is 12.6. The Morgan fingerprint density at radius 2 is 1.92 bits per heavy atom. The minimum absolute atomic E-state index is 0.128. The monoisotopic (exact) mass is 411 g/mol. The first-order chi connectivity index (χ1) is 11.2. The van der Waals surface area contributed by atoms with Gasteiger partial charge in [0, 0.05) is 0 Å². The third-order valence-electron chi connectivity index (χ3n) is 5.29. The summed E-state index contributed by atoms with van der Waals surface area (Å²) >= 11 is 0.353. The van der Waals surface area contributed by atoms with Gasteiger partial charge in [-0.1, -0.05) is 0 Å². The van der Waals surface area contributed by atoms with Gasteiger partial charge in [0.25, 0.3) is 0 Å². The molecule has 1 aliphatic carbocycles. The van der Waals surface area contributed by atoms with Crippen LogP contribution in [0.2, 0.25) is 22.9 Å². The van der Waals surface area contributed by atoms with Crippen LogP contribution in [0, 0.1) is 5.92 Å². The van der Waals surface area contributed by atoms with Crippen LogP contribution in [-0.2, 0) is 4.43 Å². The van der Waals surface area contributed by atoms with E-state index in [2.05, 4.69) is 74.2 Å². The number of azide groups is 1. The number of nitrogens with zero attached hydrogens (tertiary/aromatic N) is 3. The molecule has 0 aromatic heterocycles. The summed E-state index contributed by atoms with van der Waals surface area (Å²) in [5, 5.41) is 4.34. The van der Waals surface area contributed by atoms with Crippen molar-refractivity contribution in [2.75, 3.05) is 6.61 Å². The van der Waals surface area contributed by atoms with Crippen molar-refractivity contribution in [3.8, 4) is 0 Å². The first kappa shape index (κ1) is 19.5. The van der Waals surface area contributed by atoms with Crippen molar-refractivity contribution in [1.29, 1.82) is 0 Å². The first-order valence-corrected chi connectivity index (χ1v) is 13.4. The van der Waals surface area contributed by atoms with Gasteiger partial charge >= 0.3 is 153 Å². The molecule has 132 valence electrons. The van der Waals surface area contributed by atoms with Crippen LogP contribution in [0.25, 0.3) is 10.4 Å². The summed E-state index contributed by atoms with van der Waals surface area (Å²) in [5.74, 6) is 0.519. The Labute approximate surface area is 153 Å². The second kappa shape index (κ2) is 8.07. The molecular weight excluding hydrogens is 381 g/mol. The van der Waals surface area contributed by atoms with Crippen molar-refractivity contribution < 1.29 is 4.43 Å². The van der Waals surface area contributed by atoms with E-state index >= 15 is 0 Å². The van der Waals surface area contributed by atoms with E-state index in [0.29, 0.717) is 25.7 Å². The van der Waals surface area contributed by atoms with Gasteiger partial charge in [0.15, 0.2) is 0 Å². The van der Waals surface area contributed by atoms with Gasteiger partial charge in [0.1, 0.15) is 0 Å². The van der Waals surface area contributed by atoms with Crippen molar-refractivity contribution in [1.82, 2.24) is 0 Å². The van der Waals surface area contributed by atoms with Crippen LogP contribution >= 0.6 is 0 Å². The van der Waals surface area contributed by atoms with Gasteiger partial charge in [-0.3, -0.25) is 0 Å². The standard InChI is InChI=1S/C18H29N3OSeSi/c1-18(2,3)24(4,5)22-13-14-11-16(20-21-19)17(12-14)23-15-9-7-6-8-10-15/h6-10,14,16-17H,11-13H2,1-5H3/t14-,16+,17+/m0/s1. The third kappa shape index (κ3) is 5.11. The van der Waals surface area contributed by atoms with E-state index in [9.17, 15) is 0 Å². The Morgan fingerprint density at radius 1 is 1.25 bits per heavy atom. The van der Waals surface area contributed by atoms with Crippen molar-refractivity contribution in [3.63, 3.8) is 0 Å². The quantitative estimate of drug-likeness (QED) is 0.284.